The second kappa shape index (κ2) is 9.18. The van der Waals surface area contributed by atoms with Crippen molar-refractivity contribution in [3.63, 3.8) is 0 Å². The van der Waals surface area contributed by atoms with E-state index in [0.29, 0.717) is 12.4 Å². The van der Waals surface area contributed by atoms with Crippen molar-refractivity contribution in [1.82, 2.24) is 0 Å². The lowest BCUT2D eigenvalue weighted by atomic mass is 10.1. The third-order valence-corrected chi connectivity index (χ3v) is 4.29. The SMILES string of the molecule is C=CCOc1ccc(NC(=O)CSCc2cc(C)cc(C)c2)cc1. The van der Waals surface area contributed by atoms with Gasteiger partial charge in [0, 0.05) is 11.4 Å². The fourth-order valence-corrected chi connectivity index (χ4v) is 3.16. The number of carbonyl (C=O) groups is 1. The molecule has 2 rings (SSSR count). The van der Waals surface area contributed by atoms with E-state index in [2.05, 4.69) is 43.9 Å². The van der Waals surface area contributed by atoms with Crippen LogP contribution in [0.4, 0.5) is 5.69 Å². The van der Waals surface area contributed by atoms with Crippen LogP contribution in [0.5, 0.6) is 5.75 Å². The van der Waals surface area contributed by atoms with Crippen LogP contribution in [0.1, 0.15) is 16.7 Å². The molecule has 0 atom stereocenters. The molecular formula is C20H23NO2S. The van der Waals surface area contributed by atoms with E-state index in [1.807, 2.05) is 24.3 Å². The van der Waals surface area contributed by atoms with Gasteiger partial charge in [-0.05, 0) is 43.7 Å². The largest absolute Gasteiger partial charge is 0.490 e. The first-order valence-corrected chi connectivity index (χ1v) is 9.01. The van der Waals surface area contributed by atoms with Crippen molar-refractivity contribution in [2.75, 3.05) is 17.7 Å². The third-order valence-electron chi connectivity index (χ3n) is 3.29. The molecule has 24 heavy (non-hydrogen) atoms. The molecular weight excluding hydrogens is 318 g/mol. The van der Waals surface area contributed by atoms with Crippen molar-refractivity contribution in [1.29, 1.82) is 0 Å². The maximum absolute atomic E-state index is 12.0. The predicted molar refractivity (Wildman–Crippen MR) is 103 cm³/mol. The molecule has 0 bridgehead atoms. The van der Waals surface area contributed by atoms with Gasteiger partial charge in [-0.25, -0.2) is 0 Å². The molecule has 2 aromatic rings. The normalized spacial score (nSPS) is 10.2. The molecule has 0 aromatic heterocycles. The molecule has 2 aromatic carbocycles. The first-order valence-electron chi connectivity index (χ1n) is 7.85. The molecule has 0 heterocycles. The van der Waals surface area contributed by atoms with Crippen molar-refractivity contribution in [2.45, 2.75) is 19.6 Å². The van der Waals surface area contributed by atoms with Gasteiger partial charge in [-0.3, -0.25) is 4.79 Å². The molecule has 0 aliphatic heterocycles. The van der Waals surface area contributed by atoms with Crippen molar-refractivity contribution in [2.24, 2.45) is 0 Å². The average Bonchev–Trinajstić information content (AvgIpc) is 2.53. The molecule has 0 radical (unpaired) electrons. The van der Waals surface area contributed by atoms with Gasteiger partial charge in [0.2, 0.25) is 5.91 Å². The molecule has 0 fully saturated rings. The number of benzene rings is 2. The van der Waals surface area contributed by atoms with E-state index in [1.54, 1.807) is 17.8 Å². The molecule has 1 amide bonds. The van der Waals surface area contributed by atoms with E-state index in [0.717, 1.165) is 17.2 Å². The van der Waals surface area contributed by atoms with Gasteiger partial charge in [0.25, 0.3) is 0 Å². The standard InChI is InChI=1S/C20H23NO2S/c1-4-9-23-19-7-5-18(6-8-19)21-20(22)14-24-13-17-11-15(2)10-16(3)12-17/h4-8,10-12H,1,9,13-14H2,2-3H3,(H,21,22). The first-order chi connectivity index (χ1) is 11.6. The van der Waals surface area contributed by atoms with Gasteiger partial charge >= 0.3 is 0 Å². The van der Waals surface area contributed by atoms with Gasteiger partial charge in [-0.2, -0.15) is 0 Å². The minimum atomic E-state index is 0.00383. The maximum atomic E-state index is 12.0. The topological polar surface area (TPSA) is 38.3 Å². The van der Waals surface area contributed by atoms with Gasteiger partial charge in [0.15, 0.2) is 0 Å². The highest BCUT2D eigenvalue weighted by molar-refractivity contribution is 7.99. The number of nitrogens with one attached hydrogen (secondary N) is 1. The zero-order chi connectivity index (χ0) is 17.4. The minimum Gasteiger partial charge on any atom is -0.490 e. The van der Waals surface area contributed by atoms with Gasteiger partial charge < -0.3 is 10.1 Å². The van der Waals surface area contributed by atoms with Crippen LogP contribution in [0.3, 0.4) is 0 Å². The number of ether oxygens (including phenoxy) is 1. The lowest BCUT2D eigenvalue weighted by Crippen LogP contribution is -2.14. The summed E-state index contributed by atoms with van der Waals surface area (Å²) in [4.78, 5) is 12.0. The molecule has 0 aliphatic carbocycles. The Kier molecular flexibility index (Phi) is 6.94. The fourth-order valence-electron chi connectivity index (χ4n) is 2.40. The number of amides is 1. The summed E-state index contributed by atoms with van der Waals surface area (Å²) in [6, 6.07) is 13.8. The summed E-state index contributed by atoms with van der Waals surface area (Å²) in [6.07, 6.45) is 1.70. The fraction of sp³-hybridized carbons (Fsp3) is 0.250. The molecule has 1 N–H and O–H groups in total. The molecule has 4 heteroatoms. The molecule has 0 saturated heterocycles. The zero-order valence-electron chi connectivity index (χ0n) is 14.2. The van der Waals surface area contributed by atoms with Crippen molar-refractivity contribution >= 4 is 23.4 Å². The lowest BCUT2D eigenvalue weighted by molar-refractivity contribution is -0.113. The molecule has 0 spiro atoms. The van der Waals surface area contributed by atoms with E-state index in [1.165, 1.54) is 16.7 Å². The van der Waals surface area contributed by atoms with Gasteiger partial charge in [-0.1, -0.05) is 42.0 Å². The van der Waals surface area contributed by atoms with E-state index in [4.69, 9.17) is 4.74 Å². The summed E-state index contributed by atoms with van der Waals surface area (Å²) in [5.41, 5.74) is 4.55. The lowest BCUT2D eigenvalue weighted by Gasteiger charge is -2.08. The first kappa shape index (κ1) is 18.1. The Morgan fingerprint density at radius 3 is 2.46 bits per heavy atom. The van der Waals surface area contributed by atoms with Crippen LogP contribution >= 0.6 is 11.8 Å². The van der Waals surface area contributed by atoms with Crippen LogP contribution in [0, 0.1) is 13.8 Å². The summed E-state index contributed by atoms with van der Waals surface area (Å²) in [7, 11) is 0. The Labute approximate surface area is 148 Å². The van der Waals surface area contributed by atoms with Crippen molar-refractivity contribution in [3.05, 3.63) is 71.8 Å². The Morgan fingerprint density at radius 1 is 1.17 bits per heavy atom. The van der Waals surface area contributed by atoms with E-state index >= 15 is 0 Å². The molecule has 0 unspecified atom stereocenters. The van der Waals surface area contributed by atoms with Crippen LogP contribution in [0.2, 0.25) is 0 Å². The second-order valence-electron chi connectivity index (χ2n) is 5.66. The second-order valence-corrected chi connectivity index (χ2v) is 6.65. The summed E-state index contributed by atoms with van der Waals surface area (Å²) < 4.78 is 5.41. The van der Waals surface area contributed by atoms with Crippen molar-refractivity contribution < 1.29 is 9.53 Å². The van der Waals surface area contributed by atoms with Gasteiger partial charge in [0.05, 0.1) is 5.75 Å². The smallest absolute Gasteiger partial charge is 0.234 e. The number of aryl methyl sites for hydroxylation is 2. The van der Waals surface area contributed by atoms with Crippen LogP contribution in [-0.2, 0) is 10.5 Å². The predicted octanol–water partition coefficient (Wildman–Crippen LogP) is 4.74. The Balaban J connectivity index is 1.77. The minimum absolute atomic E-state index is 0.00383. The summed E-state index contributed by atoms with van der Waals surface area (Å²) in [5, 5.41) is 2.90. The average molecular weight is 341 g/mol. The summed E-state index contributed by atoms with van der Waals surface area (Å²) in [5.74, 6) is 2.03. The van der Waals surface area contributed by atoms with Crippen LogP contribution < -0.4 is 10.1 Å². The summed E-state index contributed by atoms with van der Waals surface area (Å²) in [6.45, 7) is 8.27. The summed E-state index contributed by atoms with van der Waals surface area (Å²) >= 11 is 1.62. The number of carbonyl (C=O) groups excluding carboxylic acids is 1. The molecule has 0 saturated carbocycles. The Hall–Kier alpha value is -2.20. The van der Waals surface area contributed by atoms with Crippen molar-refractivity contribution in [3.8, 4) is 5.75 Å². The monoisotopic (exact) mass is 341 g/mol. The number of thioether (sulfide) groups is 1. The van der Waals surface area contributed by atoms with E-state index in [9.17, 15) is 4.79 Å². The van der Waals surface area contributed by atoms with Crippen LogP contribution in [0.15, 0.2) is 55.1 Å². The van der Waals surface area contributed by atoms with E-state index in [-0.39, 0.29) is 5.91 Å². The maximum Gasteiger partial charge on any atom is 0.234 e. The molecule has 0 aliphatic rings. The highest BCUT2D eigenvalue weighted by Gasteiger charge is 2.04. The highest BCUT2D eigenvalue weighted by Crippen LogP contribution is 2.18. The van der Waals surface area contributed by atoms with Gasteiger partial charge in [-0.15, -0.1) is 11.8 Å². The molecule has 126 valence electrons. The zero-order valence-corrected chi connectivity index (χ0v) is 15.0. The van der Waals surface area contributed by atoms with Crippen LogP contribution in [-0.4, -0.2) is 18.3 Å². The Morgan fingerprint density at radius 2 is 1.83 bits per heavy atom. The Bertz CT molecular complexity index is 675. The third kappa shape index (κ3) is 6.13. The quantitative estimate of drug-likeness (QED) is 0.705. The highest BCUT2D eigenvalue weighted by atomic mass is 32.2. The number of rotatable bonds is 8. The number of hydrogen-bond acceptors (Lipinski definition) is 3. The number of hydrogen-bond donors (Lipinski definition) is 1. The number of anilines is 1. The molecule has 3 nitrogen and oxygen atoms in total. The van der Waals surface area contributed by atoms with Gasteiger partial charge in [0.1, 0.15) is 12.4 Å². The van der Waals surface area contributed by atoms with Crippen LogP contribution in [0.25, 0.3) is 0 Å². The van der Waals surface area contributed by atoms with E-state index < -0.39 is 0 Å².